The number of para-hydroxylation sites is 1. The van der Waals surface area contributed by atoms with E-state index in [9.17, 15) is 4.79 Å². The van der Waals surface area contributed by atoms with Gasteiger partial charge in [-0.05, 0) is 43.7 Å². The molecule has 6 heteroatoms. The van der Waals surface area contributed by atoms with Crippen LogP contribution >= 0.6 is 0 Å². The molecule has 1 aromatic carbocycles. The number of rotatable bonds is 5. The number of benzene rings is 1. The van der Waals surface area contributed by atoms with Gasteiger partial charge in [0.1, 0.15) is 0 Å². The van der Waals surface area contributed by atoms with E-state index in [0.717, 1.165) is 50.4 Å². The van der Waals surface area contributed by atoms with E-state index in [2.05, 4.69) is 21.7 Å². The van der Waals surface area contributed by atoms with Crippen molar-refractivity contribution >= 4 is 17.6 Å². The molecule has 2 saturated heterocycles. The van der Waals surface area contributed by atoms with Crippen molar-refractivity contribution in [3.05, 3.63) is 29.8 Å². The second-order valence-corrected chi connectivity index (χ2v) is 7.39. The SMILES string of the molecule is CN=C(NCCCC(=O)N1CCc2ccccc21)NC1CC2CCC1O2. The van der Waals surface area contributed by atoms with Crippen LogP contribution in [0.15, 0.2) is 29.3 Å². The molecule has 0 saturated carbocycles. The lowest BCUT2D eigenvalue weighted by Gasteiger charge is -2.22. The fourth-order valence-electron chi connectivity index (χ4n) is 4.34. The Morgan fingerprint density at radius 3 is 3.00 bits per heavy atom. The van der Waals surface area contributed by atoms with E-state index >= 15 is 0 Å². The summed E-state index contributed by atoms with van der Waals surface area (Å²) in [6.45, 7) is 1.54. The van der Waals surface area contributed by atoms with Crippen molar-refractivity contribution < 1.29 is 9.53 Å². The Balaban J connectivity index is 1.19. The third-order valence-corrected chi connectivity index (χ3v) is 5.70. The van der Waals surface area contributed by atoms with Crippen molar-refractivity contribution in [2.45, 2.75) is 56.8 Å². The van der Waals surface area contributed by atoms with E-state index in [4.69, 9.17) is 4.74 Å². The second kappa shape index (κ2) is 7.66. The minimum atomic E-state index is 0.209. The number of guanidine groups is 1. The summed E-state index contributed by atoms with van der Waals surface area (Å²) in [4.78, 5) is 18.8. The first-order chi connectivity index (χ1) is 12.7. The van der Waals surface area contributed by atoms with Crippen LogP contribution in [0.5, 0.6) is 0 Å². The van der Waals surface area contributed by atoms with Crippen molar-refractivity contribution in [3.8, 4) is 0 Å². The molecular weight excluding hydrogens is 328 g/mol. The molecule has 1 amide bonds. The van der Waals surface area contributed by atoms with E-state index in [1.165, 1.54) is 12.0 Å². The van der Waals surface area contributed by atoms with Gasteiger partial charge in [-0.1, -0.05) is 18.2 Å². The highest BCUT2D eigenvalue weighted by atomic mass is 16.5. The lowest BCUT2D eigenvalue weighted by atomic mass is 9.96. The zero-order valence-corrected chi connectivity index (χ0v) is 15.4. The van der Waals surface area contributed by atoms with Gasteiger partial charge < -0.3 is 20.3 Å². The molecule has 2 N–H and O–H groups in total. The molecule has 4 rings (SSSR count). The average Bonchev–Trinajstić information content (AvgIpc) is 3.38. The fraction of sp³-hybridized carbons (Fsp3) is 0.600. The summed E-state index contributed by atoms with van der Waals surface area (Å²) in [5, 5.41) is 6.81. The molecule has 3 aliphatic rings. The van der Waals surface area contributed by atoms with Crippen molar-refractivity contribution in [2.75, 3.05) is 25.0 Å². The predicted molar refractivity (Wildman–Crippen MR) is 103 cm³/mol. The highest BCUT2D eigenvalue weighted by Crippen LogP contribution is 2.34. The first kappa shape index (κ1) is 17.3. The summed E-state index contributed by atoms with van der Waals surface area (Å²) in [6, 6.07) is 8.56. The Morgan fingerprint density at radius 1 is 1.35 bits per heavy atom. The summed E-state index contributed by atoms with van der Waals surface area (Å²) in [5.41, 5.74) is 2.36. The Labute approximate surface area is 155 Å². The number of amides is 1. The minimum absolute atomic E-state index is 0.209. The molecule has 3 unspecified atom stereocenters. The van der Waals surface area contributed by atoms with Gasteiger partial charge in [0, 0.05) is 32.2 Å². The van der Waals surface area contributed by atoms with E-state index in [1.807, 2.05) is 23.1 Å². The maximum atomic E-state index is 12.5. The number of fused-ring (bicyclic) bond motifs is 3. The summed E-state index contributed by atoms with van der Waals surface area (Å²) in [5.74, 6) is 1.02. The third-order valence-electron chi connectivity index (χ3n) is 5.70. The van der Waals surface area contributed by atoms with E-state index in [0.29, 0.717) is 24.7 Å². The lowest BCUT2D eigenvalue weighted by Crippen LogP contribution is -2.47. The van der Waals surface area contributed by atoms with Crippen LogP contribution in [0.4, 0.5) is 5.69 Å². The van der Waals surface area contributed by atoms with Gasteiger partial charge in [-0.3, -0.25) is 9.79 Å². The molecule has 0 spiro atoms. The van der Waals surface area contributed by atoms with Crippen molar-refractivity contribution in [1.82, 2.24) is 10.6 Å². The number of carbonyl (C=O) groups is 1. The minimum Gasteiger partial charge on any atom is -0.373 e. The smallest absolute Gasteiger partial charge is 0.227 e. The molecule has 1 aromatic rings. The number of hydrogen-bond acceptors (Lipinski definition) is 3. The van der Waals surface area contributed by atoms with Crippen molar-refractivity contribution in [1.29, 1.82) is 0 Å². The van der Waals surface area contributed by atoms with Crippen LogP contribution < -0.4 is 15.5 Å². The maximum absolute atomic E-state index is 12.5. The molecule has 0 aromatic heterocycles. The van der Waals surface area contributed by atoms with Crippen LogP contribution in [0, 0.1) is 0 Å². The summed E-state index contributed by atoms with van der Waals surface area (Å²) >= 11 is 0. The van der Waals surface area contributed by atoms with Crippen molar-refractivity contribution in [3.63, 3.8) is 0 Å². The topological polar surface area (TPSA) is 66.0 Å². The highest BCUT2D eigenvalue weighted by molar-refractivity contribution is 5.95. The molecule has 0 aliphatic carbocycles. The largest absolute Gasteiger partial charge is 0.373 e. The molecule has 3 heterocycles. The first-order valence-electron chi connectivity index (χ1n) is 9.75. The normalized spacial score (nSPS) is 26.9. The zero-order chi connectivity index (χ0) is 17.9. The molecular formula is C20H28N4O2. The molecule has 6 nitrogen and oxygen atoms in total. The number of ether oxygens (including phenoxy) is 1. The number of nitrogens with zero attached hydrogens (tertiary/aromatic N) is 2. The molecule has 3 aliphatic heterocycles. The van der Waals surface area contributed by atoms with Gasteiger partial charge >= 0.3 is 0 Å². The van der Waals surface area contributed by atoms with Crippen LogP contribution in [-0.4, -0.2) is 50.3 Å². The fourth-order valence-corrected chi connectivity index (χ4v) is 4.34. The number of aliphatic imine (C=N–C) groups is 1. The zero-order valence-electron chi connectivity index (χ0n) is 15.4. The summed E-state index contributed by atoms with van der Waals surface area (Å²) in [6.07, 6.45) is 6.47. The van der Waals surface area contributed by atoms with Crippen LogP contribution in [0.25, 0.3) is 0 Å². The maximum Gasteiger partial charge on any atom is 0.227 e. The van der Waals surface area contributed by atoms with Gasteiger partial charge in [0.25, 0.3) is 0 Å². The van der Waals surface area contributed by atoms with E-state index in [1.54, 1.807) is 7.05 Å². The van der Waals surface area contributed by atoms with Crippen LogP contribution in [-0.2, 0) is 16.0 Å². The van der Waals surface area contributed by atoms with Gasteiger partial charge in [-0.25, -0.2) is 0 Å². The number of nitrogens with one attached hydrogen (secondary N) is 2. The molecule has 2 bridgehead atoms. The number of carbonyl (C=O) groups excluding carboxylic acids is 1. The second-order valence-electron chi connectivity index (χ2n) is 7.39. The van der Waals surface area contributed by atoms with Crippen LogP contribution in [0.3, 0.4) is 0 Å². The Hall–Kier alpha value is -2.08. The molecule has 140 valence electrons. The summed E-state index contributed by atoms with van der Waals surface area (Å²) < 4.78 is 5.88. The van der Waals surface area contributed by atoms with E-state index < -0.39 is 0 Å². The summed E-state index contributed by atoms with van der Waals surface area (Å²) in [7, 11) is 1.79. The standard InChI is InChI=1S/C20H28N4O2/c1-21-20(23-16-13-15-8-9-18(16)26-15)22-11-4-7-19(25)24-12-10-14-5-2-3-6-17(14)24/h2-3,5-6,15-16,18H,4,7-13H2,1H3,(H2,21,22,23). The Morgan fingerprint density at radius 2 is 2.23 bits per heavy atom. The number of hydrogen-bond donors (Lipinski definition) is 2. The monoisotopic (exact) mass is 356 g/mol. The average molecular weight is 356 g/mol. The van der Waals surface area contributed by atoms with Gasteiger partial charge in [0.05, 0.1) is 18.2 Å². The molecule has 26 heavy (non-hydrogen) atoms. The van der Waals surface area contributed by atoms with Crippen LogP contribution in [0.1, 0.15) is 37.7 Å². The Kier molecular flexibility index (Phi) is 5.11. The van der Waals surface area contributed by atoms with Gasteiger partial charge in [-0.2, -0.15) is 0 Å². The van der Waals surface area contributed by atoms with Gasteiger partial charge in [0.2, 0.25) is 5.91 Å². The van der Waals surface area contributed by atoms with Crippen molar-refractivity contribution in [2.24, 2.45) is 4.99 Å². The quantitative estimate of drug-likeness (QED) is 0.480. The number of anilines is 1. The lowest BCUT2D eigenvalue weighted by molar-refractivity contribution is -0.118. The Bertz CT molecular complexity index is 690. The predicted octanol–water partition coefficient (Wildman–Crippen LogP) is 1.84. The van der Waals surface area contributed by atoms with Gasteiger partial charge in [-0.15, -0.1) is 0 Å². The molecule has 3 atom stereocenters. The molecule has 0 radical (unpaired) electrons. The molecule has 2 fully saturated rings. The van der Waals surface area contributed by atoms with E-state index in [-0.39, 0.29) is 5.91 Å². The van der Waals surface area contributed by atoms with Gasteiger partial charge in [0.15, 0.2) is 5.96 Å². The highest BCUT2D eigenvalue weighted by Gasteiger charge is 2.41. The first-order valence-corrected chi connectivity index (χ1v) is 9.75. The van der Waals surface area contributed by atoms with Crippen LogP contribution in [0.2, 0.25) is 0 Å². The third kappa shape index (κ3) is 3.56.